The Morgan fingerprint density at radius 1 is 0.971 bits per heavy atom. The highest BCUT2D eigenvalue weighted by Crippen LogP contribution is 2.54. The molecule has 0 bridgehead atoms. The smallest absolute Gasteiger partial charge is 0.235 e. The molecule has 0 aliphatic heterocycles. The Labute approximate surface area is 197 Å². The molecule has 2 fully saturated rings. The summed E-state index contributed by atoms with van der Waals surface area (Å²) < 4.78 is 0. The topological polar surface area (TPSA) is 128 Å². The maximum Gasteiger partial charge on any atom is 0.235 e. The minimum atomic E-state index is -0.359. The predicted octanol–water partition coefficient (Wildman–Crippen LogP) is 4.36. The Kier molecular flexibility index (Phi) is 5.04. The van der Waals surface area contributed by atoms with Crippen LogP contribution in [0.25, 0.3) is 22.6 Å². The van der Waals surface area contributed by atoms with E-state index >= 15 is 0 Å². The fraction of sp³-hybridized carbons (Fsp3) is 0.400. The minimum Gasteiger partial charge on any atom is -0.325 e. The van der Waals surface area contributed by atoms with Gasteiger partial charge in [0.15, 0.2) is 5.82 Å². The summed E-state index contributed by atoms with van der Waals surface area (Å²) in [7, 11) is 0. The van der Waals surface area contributed by atoms with E-state index in [1.54, 1.807) is 6.20 Å². The molecule has 1 unspecified atom stereocenters. The highest BCUT2D eigenvalue weighted by atomic mass is 16.2. The van der Waals surface area contributed by atoms with Gasteiger partial charge in [-0.3, -0.25) is 20.1 Å². The van der Waals surface area contributed by atoms with Crippen molar-refractivity contribution < 1.29 is 4.79 Å². The first-order valence-electron chi connectivity index (χ1n) is 11.9. The number of rotatable bonds is 8. The minimum absolute atomic E-state index is 0.0282. The summed E-state index contributed by atoms with van der Waals surface area (Å²) in [4.78, 5) is 18.4. The van der Waals surface area contributed by atoms with Gasteiger partial charge >= 0.3 is 0 Å². The number of hydrogen-bond donors (Lipinski definition) is 4. The van der Waals surface area contributed by atoms with E-state index in [1.165, 1.54) is 25.7 Å². The zero-order chi connectivity index (χ0) is 23.2. The van der Waals surface area contributed by atoms with E-state index in [-0.39, 0.29) is 17.7 Å². The van der Waals surface area contributed by atoms with E-state index in [0.717, 1.165) is 33.9 Å². The molecule has 1 amide bonds. The molecule has 4 aromatic rings. The fourth-order valence-corrected chi connectivity index (χ4v) is 5.20. The van der Waals surface area contributed by atoms with Crippen LogP contribution in [0.15, 0.2) is 36.5 Å². The SMILES string of the molecule is Cc1n[nH]c(C)c1-c1ccc(NC(=O)C(c2nc(-c3ccn[nH]3)n[nH]2)C(C2CC2)C2CC2)cc1. The van der Waals surface area contributed by atoms with Crippen LogP contribution in [0.4, 0.5) is 5.69 Å². The second-order valence-corrected chi connectivity index (χ2v) is 9.62. The number of carbonyl (C=O) groups excluding carboxylic acids is 1. The lowest BCUT2D eigenvalue weighted by molar-refractivity contribution is -0.119. The van der Waals surface area contributed by atoms with E-state index in [9.17, 15) is 4.79 Å². The molecular weight excluding hydrogens is 428 g/mol. The summed E-state index contributed by atoms with van der Waals surface area (Å²) in [6, 6.07) is 9.79. The lowest BCUT2D eigenvalue weighted by Gasteiger charge is -2.24. The van der Waals surface area contributed by atoms with Crippen LogP contribution >= 0.6 is 0 Å². The molecule has 3 heterocycles. The summed E-state index contributed by atoms with van der Waals surface area (Å²) in [5, 5.41) is 24.8. The van der Waals surface area contributed by atoms with Gasteiger partial charge in [-0.1, -0.05) is 12.1 Å². The van der Waals surface area contributed by atoms with Crippen molar-refractivity contribution in [1.29, 1.82) is 0 Å². The number of amides is 1. The number of nitrogens with zero attached hydrogens (tertiary/aromatic N) is 4. The van der Waals surface area contributed by atoms with Crippen LogP contribution in [-0.4, -0.2) is 41.5 Å². The number of aromatic amines is 3. The Balaban J connectivity index is 1.27. The van der Waals surface area contributed by atoms with Crippen LogP contribution < -0.4 is 5.32 Å². The average Bonchev–Trinajstić information content (AvgIpc) is 3.71. The van der Waals surface area contributed by atoms with Crippen molar-refractivity contribution in [2.24, 2.45) is 17.8 Å². The molecule has 0 saturated heterocycles. The van der Waals surface area contributed by atoms with Gasteiger partial charge in [0.1, 0.15) is 17.4 Å². The van der Waals surface area contributed by atoms with E-state index in [2.05, 4.69) is 35.9 Å². The number of benzene rings is 1. The first-order chi connectivity index (χ1) is 16.6. The molecule has 0 radical (unpaired) electrons. The quantitative estimate of drug-likeness (QED) is 0.313. The molecule has 174 valence electrons. The highest BCUT2D eigenvalue weighted by molar-refractivity contribution is 5.96. The zero-order valence-corrected chi connectivity index (χ0v) is 19.3. The molecule has 1 atom stereocenters. The van der Waals surface area contributed by atoms with Gasteiger partial charge in [-0.25, -0.2) is 4.98 Å². The molecule has 9 nitrogen and oxygen atoms in total. The lowest BCUT2D eigenvalue weighted by atomic mass is 9.82. The summed E-state index contributed by atoms with van der Waals surface area (Å²) >= 11 is 0. The van der Waals surface area contributed by atoms with E-state index in [4.69, 9.17) is 4.98 Å². The van der Waals surface area contributed by atoms with Crippen LogP contribution in [0.5, 0.6) is 0 Å². The third-order valence-corrected chi connectivity index (χ3v) is 7.11. The largest absolute Gasteiger partial charge is 0.325 e. The molecule has 4 N–H and O–H groups in total. The van der Waals surface area contributed by atoms with Crippen LogP contribution in [0.3, 0.4) is 0 Å². The van der Waals surface area contributed by atoms with Gasteiger partial charge in [-0.05, 0) is 81.0 Å². The van der Waals surface area contributed by atoms with Crippen LogP contribution in [0, 0.1) is 31.6 Å². The van der Waals surface area contributed by atoms with E-state index < -0.39 is 0 Å². The first-order valence-corrected chi connectivity index (χ1v) is 11.9. The number of anilines is 1. The fourth-order valence-electron chi connectivity index (χ4n) is 5.20. The Morgan fingerprint density at radius 3 is 2.29 bits per heavy atom. The Morgan fingerprint density at radius 2 is 1.71 bits per heavy atom. The number of aryl methyl sites for hydroxylation is 2. The monoisotopic (exact) mass is 456 g/mol. The van der Waals surface area contributed by atoms with Crippen molar-refractivity contribution in [3.8, 4) is 22.6 Å². The highest BCUT2D eigenvalue weighted by Gasteiger charge is 2.49. The normalized spacial score (nSPS) is 16.7. The van der Waals surface area contributed by atoms with Gasteiger partial charge in [-0.2, -0.15) is 15.3 Å². The van der Waals surface area contributed by atoms with Crippen molar-refractivity contribution in [3.05, 3.63) is 53.7 Å². The Bertz CT molecular complexity index is 1260. The molecule has 2 saturated carbocycles. The number of nitrogens with one attached hydrogen (secondary N) is 4. The molecular formula is C25H28N8O. The predicted molar refractivity (Wildman–Crippen MR) is 128 cm³/mol. The van der Waals surface area contributed by atoms with Gasteiger partial charge in [0, 0.05) is 23.1 Å². The zero-order valence-electron chi connectivity index (χ0n) is 19.3. The number of H-pyrrole nitrogens is 3. The van der Waals surface area contributed by atoms with Crippen molar-refractivity contribution in [3.63, 3.8) is 0 Å². The summed E-state index contributed by atoms with van der Waals surface area (Å²) in [6.07, 6.45) is 6.41. The molecule has 9 heteroatoms. The first kappa shape index (κ1) is 20.8. The molecule has 3 aromatic heterocycles. The third kappa shape index (κ3) is 3.91. The van der Waals surface area contributed by atoms with Gasteiger partial charge in [0.05, 0.1) is 5.69 Å². The van der Waals surface area contributed by atoms with Crippen molar-refractivity contribution >= 4 is 11.6 Å². The maximum absolute atomic E-state index is 13.7. The number of carbonyl (C=O) groups is 1. The van der Waals surface area contributed by atoms with Crippen LogP contribution in [0.1, 0.15) is 48.8 Å². The van der Waals surface area contributed by atoms with Gasteiger partial charge in [-0.15, -0.1) is 0 Å². The second-order valence-electron chi connectivity index (χ2n) is 9.62. The summed E-state index contributed by atoms with van der Waals surface area (Å²) in [6.45, 7) is 4.00. The molecule has 34 heavy (non-hydrogen) atoms. The number of hydrogen-bond acceptors (Lipinski definition) is 5. The standard InChI is InChI=1S/C25H28N8O/c1-13-20(14(2)30-29-13)15-7-9-18(10-8-15)27-25(34)22(21(16-3-4-16)17-5-6-17)24-28-23(32-33-24)19-11-12-26-31-19/h7-12,16-17,21-22H,3-6H2,1-2H3,(H,26,31)(H,27,34)(H,29,30)(H,28,32,33). The molecule has 1 aromatic carbocycles. The molecule has 6 rings (SSSR count). The van der Waals surface area contributed by atoms with Crippen LogP contribution in [0.2, 0.25) is 0 Å². The van der Waals surface area contributed by atoms with E-state index in [0.29, 0.717) is 23.5 Å². The van der Waals surface area contributed by atoms with Gasteiger partial charge in [0.25, 0.3) is 0 Å². The molecule has 2 aliphatic carbocycles. The van der Waals surface area contributed by atoms with Crippen LogP contribution in [-0.2, 0) is 4.79 Å². The maximum atomic E-state index is 13.7. The Hall–Kier alpha value is -3.75. The van der Waals surface area contributed by atoms with Gasteiger partial charge < -0.3 is 5.32 Å². The third-order valence-electron chi connectivity index (χ3n) is 7.11. The average molecular weight is 457 g/mol. The van der Waals surface area contributed by atoms with Crippen molar-refractivity contribution in [2.75, 3.05) is 5.32 Å². The van der Waals surface area contributed by atoms with Crippen molar-refractivity contribution in [1.82, 2.24) is 35.6 Å². The lowest BCUT2D eigenvalue weighted by Crippen LogP contribution is -2.31. The molecule has 0 spiro atoms. The second kappa shape index (κ2) is 8.23. The summed E-state index contributed by atoms with van der Waals surface area (Å²) in [5.74, 6) is 2.23. The number of aromatic nitrogens is 7. The molecule has 2 aliphatic rings. The van der Waals surface area contributed by atoms with Crippen molar-refractivity contribution in [2.45, 2.75) is 45.4 Å². The summed E-state index contributed by atoms with van der Waals surface area (Å²) in [5.41, 5.74) is 5.68. The van der Waals surface area contributed by atoms with E-state index in [1.807, 2.05) is 44.2 Å². The van der Waals surface area contributed by atoms with Gasteiger partial charge in [0.2, 0.25) is 5.91 Å².